The van der Waals surface area contributed by atoms with Gasteiger partial charge in [-0.2, -0.15) is 0 Å². The Morgan fingerprint density at radius 3 is 2.85 bits per heavy atom. The molecule has 0 bridgehead atoms. The van der Waals surface area contributed by atoms with Crippen LogP contribution in [0.15, 0.2) is 12.3 Å². The van der Waals surface area contributed by atoms with Crippen molar-refractivity contribution in [2.75, 3.05) is 7.11 Å². The summed E-state index contributed by atoms with van der Waals surface area (Å²) in [5, 5.41) is 8.77. The molecule has 4 nitrogen and oxygen atoms in total. The summed E-state index contributed by atoms with van der Waals surface area (Å²) in [5.41, 5.74) is 1.73. The number of hydrogen-bond acceptors (Lipinski definition) is 4. The summed E-state index contributed by atoms with van der Waals surface area (Å²) in [5.74, 6) is -0.408. The lowest BCUT2D eigenvalue weighted by molar-refractivity contribution is 0.0599. The zero-order chi connectivity index (χ0) is 9.84. The minimum Gasteiger partial charge on any atom is -0.465 e. The van der Waals surface area contributed by atoms with E-state index in [1.54, 1.807) is 13.0 Å². The van der Waals surface area contributed by atoms with Gasteiger partial charge in [-0.1, -0.05) is 0 Å². The Morgan fingerprint density at radius 1 is 1.69 bits per heavy atom. The molecule has 1 aromatic rings. The lowest BCUT2D eigenvalue weighted by atomic mass is 10.1. The van der Waals surface area contributed by atoms with Gasteiger partial charge in [-0.05, 0) is 18.6 Å². The molecule has 0 saturated carbocycles. The number of carbonyl (C=O) groups excluding carboxylic acids is 1. The average Bonchev–Trinajstić information content (AvgIpc) is 2.16. The maximum absolute atomic E-state index is 11.1. The topological polar surface area (TPSA) is 59.4 Å². The number of aromatic nitrogens is 1. The van der Waals surface area contributed by atoms with Crippen LogP contribution < -0.4 is 0 Å². The molecular weight excluding hydrogens is 170 g/mol. The van der Waals surface area contributed by atoms with E-state index in [1.165, 1.54) is 13.3 Å². The van der Waals surface area contributed by atoms with Crippen molar-refractivity contribution < 1.29 is 14.6 Å². The van der Waals surface area contributed by atoms with Crippen molar-refractivity contribution in [3.05, 3.63) is 29.1 Å². The van der Waals surface area contributed by atoms with E-state index in [-0.39, 0.29) is 6.61 Å². The molecule has 0 spiro atoms. The molecule has 1 aromatic heterocycles. The number of nitrogens with zero attached hydrogens (tertiary/aromatic N) is 1. The van der Waals surface area contributed by atoms with Crippen molar-refractivity contribution in [1.82, 2.24) is 4.98 Å². The molecule has 0 unspecified atom stereocenters. The Balaban J connectivity index is 3.05. The van der Waals surface area contributed by atoms with Crippen LogP contribution in [0.25, 0.3) is 0 Å². The normalized spacial score (nSPS) is 9.77. The Kier molecular flexibility index (Phi) is 2.97. The Hall–Kier alpha value is -1.42. The van der Waals surface area contributed by atoms with Gasteiger partial charge in [0.25, 0.3) is 0 Å². The maximum atomic E-state index is 11.1. The molecule has 0 aliphatic rings. The minimum atomic E-state index is -0.408. The van der Waals surface area contributed by atoms with Gasteiger partial charge >= 0.3 is 5.97 Å². The summed E-state index contributed by atoms with van der Waals surface area (Å²) >= 11 is 0. The first-order valence-corrected chi connectivity index (χ1v) is 3.83. The predicted molar refractivity (Wildman–Crippen MR) is 46.2 cm³/mol. The quantitative estimate of drug-likeness (QED) is 0.681. The number of aryl methyl sites for hydroxylation is 1. The molecular formula is C9H11NO3. The number of pyridine rings is 1. The number of hydrogen-bond donors (Lipinski definition) is 1. The van der Waals surface area contributed by atoms with Crippen LogP contribution in [0, 0.1) is 6.92 Å². The van der Waals surface area contributed by atoms with Crippen molar-refractivity contribution in [1.29, 1.82) is 0 Å². The highest BCUT2D eigenvalue weighted by Gasteiger charge is 2.09. The average molecular weight is 181 g/mol. The minimum absolute atomic E-state index is 0.123. The number of esters is 1. The van der Waals surface area contributed by atoms with Gasteiger partial charge in [-0.3, -0.25) is 4.98 Å². The van der Waals surface area contributed by atoms with Crippen molar-refractivity contribution in [3.8, 4) is 0 Å². The van der Waals surface area contributed by atoms with Crippen LogP contribution >= 0.6 is 0 Å². The van der Waals surface area contributed by atoms with Crippen molar-refractivity contribution >= 4 is 5.97 Å². The van der Waals surface area contributed by atoms with Crippen LogP contribution in [0.2, 0.25) is 0 Å². The van der Waals surface area contributed by atoms with E-state index in [4.69, 9.17) is 5.11 Å². The second-order valence-electron chi connectivity index (χ2n) is 2.64. The van der Waals surface area contributed by atoms with Gasteiger partial charge in [0.05, 0.1) is 25.0 Å². The van der Waals surface area contributed by atoms with Crippen LogP contribution in [0.4, 0.5) is 0 Å². The van der Waals surface area contributed by atoms with Gasteiger partial charge in [-0.25, -0.2) is 4.79 Å². The summed E-state index contributed by atoms with van der Waals surface area (Å²) in [6.45, 7) is 1.65. The number of ether oxygens (including phenoxy) is 1. The molecule has 13 heavy (non-hydrogen) atoms. The number of methoxy groups -OCH3 is 1. The first-order chi connectivity index (χ1) is 6.19. The van der Waals surface area contributed by atoms with Crippen molar-refractivity contribution in [2.24, 2.45) is 0 Å². The molecule has 1 heterocycles. The van der Waals surface area contributed by atoms with Crippen LogP contribution in [0.5, 0.6) is 0 Å². The molecule has 0 aliphatic heterocycles. The first kappa shape index (κ1) is 9.67. The molecule has 0 aliphatic carbocycles. The van der Waals surface area contributed by atoms with E-state index >= 15 is 0 Å². The fraction of sp³-hybridized carbons (Fsp3) is 0.333. The lowest BCUT2D eigenvalue weighted by Gasteiger charge is -2.03. The van der Waals surface area contributed by atoms with Gasteiger partial charge < -0.3 is 9.84 Å². The molecule has 0 saturated heterocycles. The molecule has 0 fully saturated rings. The highest BCUT2D eigenvalue weighted by molar-refractivity contribution is 5.90. The molecule has 4 heteroatoms. The molecule has 0 amide bonds. The van der Waals surface area contributed by atoms with Crippen LogP contribution in [0.1, 0.15) is 21.6 Å². The van der Waals surface area contributed by atoms with Gasteiger partial charge in [0, 0.05) is 6.20 Å². The van der Waals surface area contributed by atoms with E-state index in [2.05, 4.69) is 9.72 Å². The molecule has 1 rings (SSSR count). The number of carbonyl (C=O) groups is 1. The Bertz CT molecular complexity index is 323. The van der Waals surface area contributed by atoms with Crippen LogP contribution in [-0.4, -0.2) is 23.2 Å². The highest BCUT2D eigenvalue weighted by Crippen LogP contribution is 2.09. The van der Waals surface area contributed by atoms with Gasteiger partial charge in [0.1, 0.15) is 0 Å². The van der Waals surface area contributed by atoms with Crippen LogP contribution in [-0.2, 0) is 11.3 Å². The van der Waals surface area contributed by atoms with Crippen molar-refractivity contribution in [2.45, 2.75) is 13.5 Å². The fourth-order valence-corrected chi connectivity index (χ4v) is 1.02. The molecule has 0 radical (unpaired) electrons. The molecule has 0 aromatic carbocycles. The first-order valence-electron chi connectivity index (χ1n) is 3.83. The van der Waals surface area contributed by atoms with E-state index in [1.807, 2.05) is 0 Å². The third-order valence-corrected chi connectivity index (χ3v) is 1.73. The SMILES string of the molecule is COC(=O)c1cnc(CO)cc1C. The van der Waals surface area contributed by atoms with Crippen LogP contribution in [0.3, 0.4) is 0 Å². The van der Waals surface area contributed by atoms with E-state index in [0.29, 0.717) is 11.3 Å². The standard InChI is InChI=1S/C9H11NO3/c1-6-3-7(5-11)10-4-8(6)9(12)13-2/h3-4,11H,5H2,1-2H3. The molecule has 0 atom stereocenters. The molecule has 1 N–H and O–H groups in total. The second kappa shape index (κ2) is 4.00. The summed E-state index contributed by atoms with van der Waals surface area (Å²) in [6, 6.07) is 1.66. The van der Waals surface area contributed by atoms with Gasteiger partial charge in [-0.15, -0.1) is 0 Å². The summed E-state index contributed by atoms with van der Waals surface area (Å²) in [6.07, 6.45) is 1.41. The van der Waals surface area contributed by atoms with Gasteiger partial charge in [0.15, 0.2) is 0 Å². The summed E-state index contributed by atoms with van der Waals surface area (Å²) in [7, 11) is 1.32. The zero-order valence-electron chi connectivity index (χ0n) is 7.57. The Morgan fingerprint density at radius 2 is 2.38 bits per heavy atom. The fourth-order valence-electron chi connectivity index (χ4n) is 1.02. The highest BCUT2D eigenvalue weighted by atomic mass is 16.5. The largest absolute Gasteiger partial charge is 0.465 e. The number of aliphatic hydroxyl groups excluding tert-OH is 1. The summed E-state index contributed by atoms with van der Waals surface area (Å²) < 4.78 is 4.55. The second-order valence-corrected chi connectivity index (χ2v) is 2.64. The zero-order valence-corrected chi connectivity index (χ0v) is 7.57. The molecule has 70 valence electrons. The van der Waals surface area contributed by atoms with E-state index < -0.39 is 5.97 Å². The smallest absolute Gasteiger partial charge is 0.339 e. The number of aliphatic hydroxyl groups is 1. The lowest BCUT2D eigenvalue weighted by Crippen LogP contribution is -2.05. The maximum Gasteiger partial charge on any atom is 0.339 e. The Labute approximate surface area is 76.2 Å². The monoisotopic (exact) mass is 181 g/mol. The predicted octanol–water partition coefficient (Wildman–Crippen LogP) is 0.669. The number of rotatable bonds is 2. The van der Waals surface area contributed by atoms with Gasteiger partial charge in [0.2, 0.25) is 0 Å². The van der Waals surface area contributed by atoms with Crippen molar-refractivity contribution in [3.63, 3.8) is 0 Å². The summed E-state index contributed by atoms with van der Waals surface area (Å²) in [4.78, 5) is 15.0. The van der Waals surface area contributed by atoms with E-state index in [9.17, 15) is 4.79 Å². The third kappa shape index (κ3) is 2.03. The van der Waals surface area contributed by atoms with E-state index in [0.717, 1.165) is 5.56 Å². The third-order valence-electron chi connectivity index (χ3n) is 1.73.